The molecule has 2 heterocycles. The number of nitrogen functional groups attached to an aromatic ring is 1. The van der Waals surface area contributed by atoms with E-state index in [1.807, 2.05) is 11.4 Å². The fourth-order valence-electron chi connectivity index (χ4n) is 3.02. The van der Waals surface area contributed by atoms with Crippen LogP contribution >= 0.6 is 11.3 Å². The highest BCUT2D eigenvalue weighted by molar-refractivity contribution is 7.10. The first-order chi connectivity index (χ1) is 16.3. The molecular formula is C23H21N3O7S. The molecule has 3 aromatic rings. The van der Waals surface area contributed by atoms with Crippen LogP contribution < -0.4 is 17.0 Å². The molecule has 176 valence electrons. The lowest BCUT2D eigenvalue weighted by Gasteiger charge is -2.16. The second kappa shape index (κ2) is 11.1. The molecule has 0 aliphatic rings. The van der Waals surface area contributed by atoms with E-state index in [1.165, 1.54) is 17.4 Å². The van der Waals surface area contributed by atoms with Crippen LogP contribution in [0.15, 0.2) is 63.5 Å². The van der Waals surface area contributed by atoms with Gasteiger partial charge in [0.2, 0.25) is 5.78 Å². The van der Waals surface area contributed by atoms with Crippen LogP contribution in [0.5, 0.6) is 0 Å². The minimum Gasteiger partial charge on any atom is -0.468 e. The summed E-state index contributed by atoms with van der Waals surface area (Å²) >= 11 is 1.41. The van der Waals surface area contributed by atoms with Crippen molar-refractivity contribution in [3.63, 3.8) is 0 Å². The van der Waals surface area contributed by atoms with Crippen molar-refractivity contribution in [3.05, 3.63) is 90.8 Å². The van der Waals surface area contributed by atoms with Crippen molar-refractivity contribution in [1.29, 1.82) is 0 Å². The number of carbonyl (C=O) groups excluding carboxylic acids is 3. The van der Waals surface area contributed by atoms with Gasteiger partial charge in [0.05, 0.1) is 13.7 Å². The van der Waals surface area contributed by atoms with Crippen molar-refractivity contribution in [2.75, 3.05) is 19.5 Å². The molecule has 0 fully saturated rings. The summed E-state index contributed by atoms with van der Waals surface area (Å²) in [5.74, 6) is -2.97. The molecule has 1 aromatic carbocycles. The number of thiophene rings is 1. The molecule has 2 N–H and O–H groups in total. The number of benzene rings is 1. The predicted molar refractivity (Wildman–Crippen MR) is 126 cm³/mol. The Morgan fingerprint density at radius 2 is 1.79 bits per heavy atom. The lowest BCUT2D eigenvalue weighted by atomic mass is 10.2. The van der Waals surface area contributed by atoms with Crippen LogP contribution in [0.4, 0.5) is 5.82 Å². The van der Waals surface area contributed by atoms with Gasteiger partial charge in [0.25, 0.3) is 5.56 Å². The molecular weight excluding hydrogens is 462 g/mol. The minimum absolute atomic E-state index is 0.0589. The predicted octanol–water partition coefficient (Wildman–Crippen LogP) is 1.31. The first-order valence-corrected chi connectivity index (χ1v) is 10.8. The Morgan fingerprint density at radius 3 is 2.44 bits per heavy atom. The molecule has 10 nitrogen and oxygen atoms in total. The van der Waals surface area contributed by atoms with Crippen molar-refractivity contribution >= 4 is 41.0 Å². The van der Waals surface area contributed by atoms with Crippen molar-refractivity contribution in [2.24, 2.45) is 0 Å². The van der Waals surface area contributed by atoms with Gasteiger partial charge < -0.3 is 15.2 Å². The fraction of sp³-hybridized carbons (Fsp3) is 0.174. The second-order valence-electron chi connectivity index (χ2n) is 6.96. The van der Waals surface area contributed by atoms with Gasteiger partial charge in [-0.25, -0.2) is 14.2 Å². The third-order valence-corrected chi connectivity index (χ3v) is 5.55. The summed E-state index contributed by atoms with van der Waals surface area (Å²) in [6.07, 6.45) is 2.67. The van der Waals surface area contributed by atoms with E-state index in [1.54, 1.807) is 36.4 Å². The minimum atomic E-state index is -1.08. The number of ether oxygens (including phenoxy) is 2. The highest BCUT2D eigenvalue weighted by Gasteiger charge is 2.24. The van der Waals surface area contributed by atoms with E-state index >= 15 is 0 Å². The number of methoxy groups -OCH3 is 1. The van der Waals surface area contributed by atoms with E-state index < -0.39 is 53.5 Å². The maximum absolute atomic E-state index is 12.9. The van der Waals surface area contributed by atoms with Gasteiger partial charge in [0.1, 0.15) is 17.9 Å². The molecule has 0 saturated carbocycles. The molecule has 0 radical (unpaired) electrons. The fourth-order valence-corrected chi connectivity index (χ4v) is 3.64. The molecule has 2 aromatic heterocycles. The number of esters is 2. The number of nitrogens with two attached hydrogens (primary N) is 1. The van der Waals surface area contributed by atoms with E-state index in [2.05, 4.69) is 4.74 Å². The quantitative estimate of drug-likeness (QED) is 0.273. The van der Waals surface area contributed by atoms with Crippen molar-refractivity contribution in [1.82, 2.24) is 9.13 Å². The van der Waals surface area contributed by atoms with Crippen LogP contribution in [0.3, 0.4) is 0 Å². The smallest absolute Gasteiger partial charge is 0.333 e. The zero-order chi connectivity index (χ0) is 24.7. The van der Waals surface area contributed by atoms with Gasteiger partial charge in [-0.2, -0.15) is 0 Å². The van der Waals surface area contributed by atoms with Crippen LogP contribution in [0.25, 0.3) is 6.08 Å². The summed E-state index contributed by atoms with van der Waals surface area (Å²) in [6, 6.07) is 12.3. The molecule has 0 atom stereocenters. The number of aromatic nitrogens is 2. The van der Waals surface area contributed by atoms with Gasteiger partial charge in [0, 0.05) is 11.0 Å². The monoisotopic (exact) mass is 483 g/mol. The molecule has 0 aliphatic heterocycles. The van der Waals surface area contributed by atoms with E-state index in [9.17, 15) is 24.0 Å². The van der Waals surface area contributed by atoms with Crippen LogP contribution in [-0.4, -0.2) is 40.6 Å². The normalized spacial score (nSPS) is 10.9. The Hall–Kier alpha value is -4.25. The van der Waals surface area contributed by atoms with E-state index in [0.29, 0.717) is 10.1 Å². The topological polar surface area (TPSA) is 140 Å². The van der Waals surface area contributed by atoms with Crippen LogP contribution in [0.2, 0.25) is 0 Å². The maximum atomic E-state index is 12.9. The number of rotatable bonds is 9. The molecule has 34 heavy (non-hydrogen) atoms. The molecule has 0 aliphatic carbocycles. The number of carbonyl (C=O) groups is 3. The Morgan fingerprint density at radius 1 is 1.06 bits per heavy atom. The second-order valence-corrected chi connectivity index (χ2v) is 7.94. The molecule has 11 heteroatoms. The van der Waals surface area contributed by atoms with Gasteiger partial charge >= 0.3 is 17.6 Å². The molecule has 0 amide bonds. The van der Waals surface area contributed by atoms with Gasteiger partial charge in [-0.1, -0.05) is 36.4 Å². The van der Waals surface area contributed by atoms with Gasteiger partial charge in [-0.3, -0.25) is 19.0 Å². The first kappa shape index (κ1) is 24.4. The van der Waals surface area contributed by atoms with E-state index in [0.717, 1.165) is 22.6 Å². The number of Topliss-reactive ketones (excluding diaryl/α,β-unsaturated/α-hetero) is 1. The molecule has 0 unspecified atom stereocenters. The maximum Gasteiger partial charge on any atom is 0.333 e. The first-order valence-electron chi connectivity index (χ1n) is 9.97. The Kier molecular flexibility index (Phi) is 7.93. The van der Waals surface area contributed by atoms with Crippen molar-refractivity contribution in [2.45, 2.75) is 13.1 Å². The van der Waals surface area contributed by atoms with E-state index in [4.69, 9.17) is 10.5 Å². The number of ketones is 1. The van der Waals surface area contributed by atoms with Gasteiger partial charge in [-0.15, -0.1) is 11.3 Å². The highest BCUT2D eigenvalue weighted by atomic mass is 32.1. The third kappa shape index (κ3) is 5.75. The summed E-state index contributed by atoms with van der Waals surface area (Å²) < 4.78 is 11.1. The zero-order valence-corrected chi connectivity index (χ0v) is 18.9. The summed E-state index contributed by atoms with van der Waals surface area (Å²) in [5.41, 5.74) is 4.20. The molecule has 0 spiro atoms. The summed E-state index contributed by atoms with van der Waals surface area (Å²) in [7, 11) is 1.10. The number of nitrogens with zero attached hydrogens (tertiary/aromatic N) is 2. The number of hydrogen-bond acceptors (Lipinski definition) is 9. The molecule has 0 bridgehead atoms. The molecule has 0 saturated heterocycles. The van der Waals surface area contributed by atoms with Crippen LogP contribution in [0, 0.1) is 0 Å². The number of anilines is 1. The number of hydrogen-bond donors (Lipinski definition) is 1. The SMILES string of the molecule is COC(=O)Cn1c(=O)c(C(=O)COC(=O)/C=C/c2cccs2)c(N)n(Cc2ccccc2)c1=O. The van der Waals surface area contributed by atoms with Crippen molar-refractivity contribution in [3.8, 4) is 0 Å². The van der Waals surface area contributed by atoms with Gasteiger partial charge in [-0.05, 0) is 23.1 Å². The standard InChI is InChI=1S/C23H21N3O7S/c1-32-19(29)13-26-22(30)20(17(27)14-33-18(28)10-9-16-8-5-11-34-16)21(24)25(23(26)31)12-15-6-3-2-4-7-15/h2-11H,12-14,24H2,1H3/b10-9+. The average Bonchev–Trinajstić information content (AvgIpc) is 3.36. The third-order valence-electron chi connectivity index (χ3n) is 4.72. The van der Waals surface area contributed by atoms with Crippen molar-refractivity contribution < 1.29 is 23.9 Å². The lowest BCUT2D eigenvalue weighted by Crippen LogP contribution is -2.46. The summed E-state index contributed by atoms with van der Waals surface area (Å²) in [4.78, 5) is 63.2. The zero-order valence-electron chi connectivity index (χ0n) is 18.1. The van der Waals surface area contributed by atoms with Crippen LogP contribution in [-0.2, 0) is 32.2 Å². The lowest BCUT2D eigenvalue weighted by molar-refractivity contribution is -0.141. The summed E-state index contributed by atoms with van der Waals surface area (Å²) in [6.45, 7) is -1.56. The Balaban J connectivity index is 1.93. The Labute approximate surface area is 197 Å². The summed E-state index contributed by atoms with van der Waals surface area (Å²) in [5, 5.41) is 1.83. The largest absolute Gasteiger partial charge is 0.468 e. The highest BCUT2D eigenvalue weighted by Crippen LogP contribution is 2.12. The van der Waals surface area contributed by atoms with Crippen LogP contribution in [0.1, 0.15) is 20.8 Å². The average molecular weight is 484 g/mol. The van der Waals surface area contributed by atoms with Gasteiger partial charge in [0.15, 0.2) is 6.61 Å². The Bertz CT molecular complexity index is 1340. The van der Waals surface area contributed by atoms with E-state index in [-0.39, 0.29) is 6.54 Å². The molecule has 3 rings (SSSR count).